The number of nitrogens with zero attached hydrogens (tertiary/aromatic N) is 2. The largest absolute Gasteiger partial charge is 0.497 e. The number of para-hydroxylation sites is 1. The summed E-state index contributed by atoms with van der Waals surface area (Å²) >= 11 is 0. The zero-order valence-electron chi connectivity index (χ0n) is 12.2. The number of likely N-dealkylation sites (N-methyl/N-ethyl adjacent to an activating group) is 1. The van der Waals surface area contributed by atoms with E-state index >= 15 is 0 Å². The summed E-state index contributed by atoms with van der Waals surface area (Å²) < 4.78 is 10.8. The number of hydrogen-bond acceptors (Lipinski definition) is 4. The first-order chi connectivity index (χ1) is 10.2. The molecule has 108 valence electrons. The van der Waals surface area contributed by atoms with Crippen LogP contribution in [0, 0.1) is 11.3 Å². The fraction of sp³-hybridized carbons (Fsp3) is 0.235. The number of hydrogen-bond donors (Lipinski definition) is 0. The highest BCUT2D eigenvalue weighted by molar-refractivity contribution is 5.48. The van der Waals surface area contributed by atoms with Gasteiger partial charge in [0, 0.05) is 12.7 Å². The van der Waals surface area contributed by atoms with Gasteiger partial charge >= 0.3 is 0 Å². The standard InChI is InChI=1S/C17H18N2O2/c1-19(15-7-9-16(20-2)10-8-15)11-12-21-17-6-4-3-5-14(17)13-18/h3-10H,11-12H2,1-2H3. The van der Waals surface area contributed by atoms with E-state index in [1.165, 1.54) is 0 Å². The molecule has 0 fully saturated rings. The Morgan fingerprint density at radius 3 is 2.48 bits per heavy atom. The van der Waals surface area contributed by atoms with Crippen molar-refractivity contribution < 1.29 is 9.47 Å². The highest BCUT2D eigenvalue weighted by Gasteiger charge is 2.04. The number of ether oxygens (including phenoxy) is 2. The Balaban J connectivity index is 1.89. The van der Waals surface area contributed by atoms with Crippen LogP contribution in [0.4, 0.5) is 5.69 Å². The van der Waals surface area contributed by atoms with Crippen molar-refractivity contribution in [2.45, 2.75) is 0 Å². The predicted octanol–water partition coefficient (Wildman–Crippen LogP) is 3.08. The van der Waals surface area contributed by atoms with Gasteiger partial charge in [0.25, 0.3) is 0 Å². The monoisotopic (exact) mass is 282 g/mol. The van der Waals surface area contributed by atoms with Gasteiger partial charge in [-0.3, -0.25) is 0 Å². The molecule has 0 spiro atoms. The quantitative estimate of drug-likeness (QED) is 0.816. The van der Waals surface area contributed by atoms with Crippen molar-refractivity contribution in [3.8, 4) is 17.6 Å². The van der Waals surface area contributed by atoms with Gasteiger partial charge in [-0.15, -0.1) is 0 Å². The van der Waals surface area contributed by atoms with E-state index in [1.807, 2.05) is 49.5 Å². The SMILES string of the molecule is COc1ccc(N(C)CCOc2ccccc2C#N)cc1. The molecule has 0 aliphatic heterocycles. The number of nitriles is 1. The Bertz CT molecular complexity index is 617. The normalized spacial score (nSPS) is 9.76. The molecule has 0 unspecified atom stereocenters. The average Bonchev–Trinajstić information content (AvgIpc) is 2.55. The molecule has 0 N–H and O–H groups in total. The summed E-state index contributed by atoms with van der Waals surface area (Å²) in [6, 6.07) is 17.2. The molecule has 2 rings (SSSR count). The van der Waals surface area contributed by atoms with E-state index in [4.69, 9.17) is 14.7 Å². The van der Waals surface area contributed by atoms with Crippen LogP contribution in [0.25, 0.3) is 0 Å². The third kappa shape index (κ3) is 3.90. The van der Waals surface area contributed by atoms with E-state index in [-0.39, 0.29) is 0 Å². The first-order valence-electron chi connectivity index (χ1n) is 6.71. The van der Waals surface area contributed by atoms with E-state index in [1.54, 1.807) is 13.2 Å². The summed E-state index contributed by atoms with van der Waals surface area (Å²) in [7, 11) is 3.65. The highest BCUT2D eigenvalue weighted by Crippen LogP contribution is 2.19. The fourth-order valence-corrected chi connectivity index (χ4v) is 1.94. The molecule has 0 heterocycles. The summed E-state index contributed by atoms with van der Waals surface area (Å²) in [4.78, 5) is 2.09. The third-order valence-electron chi connectivity index (χ3n) is 3.20. The van der Waals surface area contributed by atoms with Gasteiger partial charge < -0.3 is 14.4 Å². The number of benzene rings is 2. The molecule has 0 atom stereocenters. The highest BCUT2D eigenvalue weighted by atomic mass is 16.5. The molecule has 21 heavy (non-hydrogen) atoms. The Kier molecular flexibility index (Phi) is 5.05. The molecule has 2 aromatic rings. The van der Waals surface area contributed by atoms with Crippen molar-refractivity contribution in [2.24, 2.45) is 0 Å². The van der Waals surface area contributed by atoms with Crippen molar-refractivity contribution in [1.82, 2.24) is 0 Å². The molecule has 0 saturated heterocycles. The van der Waals surface area contributed by atoms with E-state index in [9.17, 15) is 0 Å². The Hall–Kier alpha value is -2.67. The first kappa shape index (κ1) is 14.7. The molecule has 0 saturated carbocycles. The molecule has 0 aromatic heterocycles. The molecule has 4 nitrogen and oxygen atoms in total. The predicted molar refractivity (Wildman–Crippen MR) is 82.9 cm³/mol. The van der Waals surface area contributed by atoms with Crippen LogP contribution in [-0.4, -0.2) is 27.3 Å². The lowest BCUT2D eigenvalue weighted by molar-refractivity contribution is 0.325. The molecule has 2 aromatic carbocycles. The zero-order chi connectivity index (χ0) is 15.1. The summed E-state index contributed by atoms with van der Waals surface area (Å²) in [6.45, 7) is 1.24. The van der Waals surface area contributed by atoms with E-state index in [0.29, 0.717) is 17.9 Å². The maximum Gasteiger partial charge on any atom is 0.137 e. The van der Waals surface area contributed by atoms with Gasteiger partial charge in [0.15, 0.2) is 0 Å². The van der Waals surface area contributed by atoms with Gasteiger partial charge in [-0.05, 0) is 36.4 Å². The van der Waals surface area contributed by atoms with Crippen LogP contribution in [0.5, 0.6) is 11.5 Å². The molecule has 0 aliphatic carbocycles. The van der Waals surface area contributed by atoms with Gasteiger partial charge in [0.2, 0.25) is 0 Å². The van der Waals surface area contributed by atoms with Crippen LogP contribution in [-0.2, 0) is 0 Å². The minimum Gasteiger partial charge on any atom is -0.497 e. The van der Waals surface area contributed by atoms with Crippen LogP contribution in [0.1, 0.15) is 5.56 Å². The lowest BCUT2D eigenvalue weighted by Gasteiger charge is -2.20. The summed E-state index contributed by atoms with van der Waals surface area (Å²) in [5.41, 5.74) is 1.65. The summed E-state index contributed by atoms with van der Waals surface area (Å²) in [6.07, 6.45) is 0. The van der Waals surface area contributed by atoms with Crippen molar-refractivity contribution in [1.29, 1.82) is 5.26 Å². The Morgan fingerprint density at radius 2 is 1.81 bits per heavy atom. The lowest BCUT2D eigenvalue weighted by Crippen LogP contribution is -2.23. The second-order valence-corrected chi connectivity index (χ2v) is 4.58. The topological polar surface area (TPSA) is 45.5 Å². The maximum atomic E-state index is 9.00. The molecule has 0 amide bonds. The molecular weight excluding hydrogens is 264 g/mol. The number of anilines is 1. The van der Waals surface area contributed by atoms with Crippen LogP contribution in [0.3, 0.4) is 0 Å². The van der Waals surface area contributed by atoms with Gasteiger partial charge in [-0.1, -0.05) is 12.1 Å². The first-order valence-corrected chi connectivity index (χ1v) is 6.71. The lowest BCUT2D eigenvalue weighted by atomic mass is 10.2. The van der Waals surface area contributed by atoms with Crippen molar-refractivity contribution in [2.75, 3.05) is 32.2 Å². The van der Waals surface area contributed by atoms with E-state index < -0.39 is 0 Å². The molecule has 0 aliphatic rings. The molecule has 0 radical (unpaired) electrons. The van der Waals surface area contributed by atoms with Crippen LogP contribution in [0.2, 0.25) is 0 Å². The molecule has 0 bridgehead atoms. The minimum atomic E-state index is 0.515. The molecular formula is C17H18N2O2. The second kappa shape index (κ2) is 7.20. The third-order valence-corrected chi connectivity index (χ3v) is 3.20. The summed E-state index contributed by atoms with van der Waals surface area (Å²) in [5.74, 6) is 1.47. The average molecular weight is 282 g/mol. The Morgan fingerprint density at radius 1 is 1.10 bits per heavy atom. The van der Waals surface area contributed by atoms with Crippen LogP contribution in [0.15, 0.2) is 48.5 Å². The van der Waals surface area contributed by atoms with Crippen molar-refractivity contribution in [3.63, 3.8) is 0 Å². The summed E-state index contributed by atoms with van der Waals surface area (Å²) in [5, 5.41) is 9.00. The van der Waals surface area contributed by atoms with Gasteiger partial charge in [0.1, 0.15) is 24.2 Å². The minimum absolute atomic E-state index is 0.515. The van der Waals surface area contributed by atoms with Crippen molar-refractivity contribution >= 4 is 5.69 Å². The fourth-order valence-electron chi connectivity index (χ4n) is 1.94. The Labute approximate surface area is 125 Å². The number of rotatable bonds is 6. The maximum absolute atomic E-state index is 9.00. The van der Waals surface area contributed by atoms with Gasteiger partial charge in [-0.25, -0.2) is 0 Å². The number of methoxy groups -OCH3 is 1. The van der Waals surface area contributed by atoms with Gasteiger partial charge in [0.05, 0.1) is 19.2 Å². The van der Waals surface area contributed by atoms with Crippen molar-refractivity contribution in [3.05, 3.63) is 54.1 Å². The van der Waals surface area contributed by atoms with E-state index in [2.05, 4.69) is 11.0 Å². The van der Waals surface area contributed by atoms with Crippen LogP contribution < -0.4 is 14.4 Å². The molecule has 4 heteroatoms. The van der Waals surface area contributed by atoms with E-state index in [0.717, 1.165) is 18.0 Å². The second-order valence-electron chi connectivity index (χ2n) is 4.58. The smallest absolute Gasteiger partial charge is 0.137 e. The van der Waals surface area contributed by atoms with Crippen LogP contribution >= 0.6 is 0 Å². The van der Waals surface area contributed by atoms with Gasteiger partial charge in [-0.2, -0.15) is 5.26 Å². The zero-order valence-corrected chi connectivity index (χ0v) is 12.2.